The fraction of sp³-hybridized carbons (Fsp3) is 0.900. The largest absolute Gasteiger partial charge is 0.483 e. The van der Waals surface area contributed by atoms with Gasteiger partial charge in [0.25, 0.3) is 0 Å². The van der Waals surface area contributed by atoms with Crippen molar-refractivity contribution in [3.05, 3.63) is 0 Å². The van der Waals surface area contributed by atoms with E-state index in [9.17, 15) is 83.8 Å². The predicted molar refractivity (Wildman–Crippen MR) is 54.9 cm³/mol. The van der Waals surface area contributed by atoms with Crippen LogP contribution in [0.3, 0.4) is 0 Å². The predicted octanol–water partition coefficient (Wildman–Crippen LogP) is 5.33. The number of rotatable bonds is 9. The van der Waals surface area contributed by atoms with Crippen LogP contribution in [0.2, 0.25) is 0 Å². The van der Waals surface area contributed by atoms with Crippen molar-refractivity contribution >= 4 is 5.97 Å². The number of esters is 1. The quantitative estimate of drug-likeness (QED) is 0.300. The van der Waals surface area contributed by atoms with Crippen LogP contribution in [0, 0.1) is 0 Å². The topological polar surface area (TPSA) is 44.8 Å². The summed E-state index contributed by atoms with van der Waals surface area (Å²) in [7, 11) is 0. The molecule has 0 aliphatic carbocycles. The summed E-state index contributed by atoms with van der Waals surface area (Å²) in [6, 6.07) is 0. The molecule has 0 N–H and O–H groups in total. The van der Waals surface area contributed by atoms with Gasteiger partial charge in [0.15, 0.2) is 6.61 Å². The first kappa shape index (κ1) is 30.1. The molecule has 0 aromatic carbocycles. The maximum absolute atomic E-state index is 13.0. The van der Waals surface area contributed by atoms with Gasteiger partial charge in [-0.2, -0.15) is 79.0 Å². The minimum absolute atomic E-state index is 1.45. The highest BCUT2D eigenvalue weighted by molar-refractivity contribution is 5.78. The van der Waals surface area contributed by atoms with Gasteiger partial charge in [-0.3, -0.25) is 0 Å². The summed E-state index contributed by atoms with van der Waals surface area (Å²) < 4.78 is 228. The van der Waals surface area contributed by atoms with Crippen LogP contribution in [0.4, 0.5) is 79.0 Å². The Morgan fingerprint density at radius 1 is 0.500 bits per heavy atom. The van der Waals surface area contributed by atoms with Crippen LogP contribution in [0.25, 0.3) is 0 Å². The number of halogens is 18. The van der Waals surface area contributed by atoms with Gasteiger partial charge in [0.05, 0.1) is 0 Å². The van der Waals surface area contributed by atoms with E-state index in [1.54, 1.807) is 0 Å². The van der Waals surface area contributed by atoms with Gasteiger partial charge < -0.3 is 4.74 Å². The third kappa shape index (κ3) is 6.13. The molecule has 0 atom stereocenters. The van der Waals surface area contributed by atoms with Crippen molar-refractivity contribution in [1.29, 1.82) is 0 Å². The SMILES string of the molecule is O=C(OCC(F)(F)C(F)(F)OC(F)(F)C(F)(F)F)C(F)(F)C(F)(F)OC(F)(F)C(F)(F)F. The molecule has 0 saturated heterocycles. The Hall–Kier alpha value is -1.87. The number of hydrogen-bond donors (Lipinski definition) is 0. The Labute approximate surface area is 161 Å². The van der Waals surface area contributed by atoms with Gasteiger partial charge in [-0.25, -0.2) is 14.3 Å². The zero-order valence-electron chi connectivity index (χ0n) is 13.6. The van der Waals surface area contributed by atoms with Crippen LogP contribution in [-0.4, -0.2) is 61.2 Å². The molecule has 0 rings (SSSR count). The maximum atomic E-state index is 13.0. The number of ether oxygens (including phenoxy) is 3. The Balaban J connectivity index is 5.55. The lowest BCUT2D eigenvalue weighted by molar-refractivity contribution is -0.488. The fourth-order valence-corrected chi connectivity index (χ4v) is 1.03. The molecule has 0 aromatic rings. The second kappa shape index (κ2) is 8.17. The molecule has 0 aliphatic rings. The molecular weight excluding hydrogens is 526 g/mol. The van der Waals surface area contributed by atoms with Crippen LogP contribution in [0.15, 0.2) is 0 Å². The van der Waals surface area contributed by atoms with Gasteiger partial charge >= 0.3 is 54.6 Å². The lowest BCUT2D eigenvalue weighted by atomic mass is 10.3. The molecular formula is C10H2F18O4. The van der Waals surface area contributed by atoms with Crippen molar-refractivity contribution in [3.63, 3.8) is 0 Å². The number of carbonyl (C=O) groups excluding carboxylic acids is 1. The van der Waals surface area contributed by atoms with E-state index in [1.807, 2.05) is 0 Å². The molecule has 0 radical (unpaired) electrons. The van der Waals surface area contributed by atoms with Crippen molar-refractivity contribution in [1.82, 2.24) is 0 Å². The zero-order valence-corrected chi connectivity index (χ0v) is 13.6. The van der Waals surface area contributed by atoms with Gasteiger partial charge in [-0.05, 0) is 0 Å². The summed E-state index contributed by atoms with van der Waals surface area (Å²) in [6.45, 7) is -3.74. The van der Waals surface area contributed by atoms with E-state index in [0.717, 1.165) is 0 Å². The molecule has 0 fully saturated rings. The van der Waals surface area contributed by atoms with E-state index in [-0.39, 0.29) is 0 Å². The second-order valence-electron chi connectivity index (χ2n) is 5.12. The summed E-state index contributed by atoms with van der Waals surface area (Å²) in [5, 5.41) is 0. The van der Waals surface area contributed by atoms with E-state index >= 15 is 0 Å². The van der Waals surface area contributed by atoms with Crippen LogP contribution in [-0.2, 0) is 19.0 Å². The van der Waals surface area contributed by atoms with Gasteiger partial charge in [0.1, 0.15) is 0 Å². The number of alkyl halides is 18. The standard InChI is InChI=1S/C10H2F18O4/c11-3(12,7(21,22)31-9(25,26)5(15,16)17)1-30-2(29)4(13,14)8(23,24)32-10(27,28)6(18,19)20/h1H2. The summed E-state index contributed by atoms with van der Waals surface area (Å²) in [5.41, 5.74) is 0. The Kier molecular flexibility index (Phi) is 7.69. The van der Waals surface area contributed by atoms with Crippen molar-refractivity contribution < 1.29 is 98.0 Å². The number of hydrogen-bond acceptors (Lipinski definition) is 4. The van der Waals surface area contributed by atoms with Gasteiger partial charge in [-0.1, -0.05) is 0 Å². The van der Waals surface area contributed by atoms with Crippen molar-refractivity contribution in [2.24, 2.45) is 0 Å². The van der Waals surface area contributed by atoms with E-state index in [1.165, 1.54) is 9.47 Å². The minimum Gasteiger partial charge on any atom is -0.454 e. The smallest absolute Gasteiger partial charge is 0.454 e. The van der Waals surface area contributed by atoms with Gasteiger partial charge in [-0.15, -0.1) is 0 Å². The van der Waals surface area contributed by atoms with Crippen molar-refractivity contribution in [2.45, 2.75) is 48.6 Å². The van der Waals surface area contributed by atoms with Gasteiger partial charge in [0, 0.05) is 0 Å². The van der Waals surface area contributed by atoms with Crippen LogP contribution >= 0.6 is 0 Å². The third-order valence-electron chi connectivity index (χ3n) is 2.61. The fourth-order valence-electron chi connectivity index (χ4n) is 1.03. The summed E-state index contributed by atoms with van der Waals surface area (Å²) in [4.78, 5) is 10.7. The Morgan fingerprint density at radius 2 is 0.812 bits per heavy atom. The van der Waals surface area contributed by atoms with Crippen molar-refractivity contribution in [3.8, 4) is 0 Å². The highest BCUT2D eigenvalue weighted by Crippen LogP contribution is 2.47. The average Bonchev–Trinajstić information content (AvgIpc) is 2.47. The van der Waals surface area contributed by atoms with Crippen LogP contribution in [0.1, 0.15) is 0 Å². The zero-order chi connectivity index (χ0) is 26.4. The normalized spacial score (nSPS) is 15.7. The molecule has 0 spiro atoms. The molecule has 0 heterocycles. The molecule has 0 aliphatic heterocycles. The van der Waals surface area contributed by atoms with E-state index < -0.39 is 61.2 Å². The summed E-state index contributed by atoms with van der Waals surface area (Å²) >= 11 is 0. The molecule has 0 amide bonds. The first-order chi connectivity index (χ1) is 13.5. The summed E-state index contributed by atoms with van der Waals surface area (Å²) in [5.74, 6) is -17.9. The molecule has 22 heteroatoms. The molecule has 0 aromatic heterocycles. The number of carbonyl (C=O) groups is 1. The molecule has 0 saturated carbocycles. The lowest BCUT2D eigenvalue weighted by Crippen LogP contribution is -2.57. The maximum Gasteiger partial charge on any atom is 0.483 e. The highest BCUT2D eigenvalue weighted by atomic mass is 19.4. The Morgan fingerprint density at radius 3 is 1.12 bits per heavy atom. The molecule has 0 bridgehead atoms. The first-order valence-corrected chi connectivity index (χ1v) is 6.52. The van der Waals surface area contributed by atoms with E-state index in [2.05, 4.69) is 4.74 Å². The monoisotopic (exact) mass is 528 g/mol. The Bertz CT molecular complexity index is 676. The van der Waals surface area contributed by atoms with Gasteiger partial charge in [0.2, 0.25) is 0 Å². The van der Waals surface area contributed by atoms with Crippen molar-refractivity contribution in [2.75, 3.05) is 6.61 Å². The third-order valence-corrected chi connectivity index (χ3v) is 2.61. The van der Waals surface area contributed by atoms with Crippen LogP contribution in [0.5, 0.6) is 0 Å². The van der Waals surface area contributed by atoms with E-state index in [0.29, 0.717) is 0 Å². The first-order valence-electron chi connectivity index (χ1n) is 6.52. The molecule has 0 unspecified atom stereocenters. The molecule has 4 nitrogen and oxygen atoms in total. The second-order valence-corrected chi connectivity index (χ2v) is 5.12. The molecule has 192 valence electrons. The van der Waals surface area contributed by atoms with E-state index in [4.69, 9.17) is 0 Å². The minimum atomic E-state index is -7.22. The highest BCUT2D eigenvalue weighted by Gasteiger charge is 2.74. The molecule has 32 heavy (non-hydrogen) atoms. The lowest BCUT2D eigenvalue weighted by Gasteiger charge is -2.31. The summed E-state index contributed by atoms with van der Waals surface area (Å²) in [6.07, 6.45) is -42.5. The van der Waals surface area contributed by atoms with Crippen LogP contribution < -0.4 is 0 Å². The average molecular weight is 528 g/mol.